The molecule has 0 amide bonds. The summed E-state index contributed by atoms with van der Waals surface area (Å²) < 4.78 is 5.45. The molecule has 0 bridgehead atoms. The van der Waals surface area contributed by atoms with E-state index in [0.717, 1.165) is 46.2 Å². The molecule has 2 aromatic rings. The summed E-state index contributed by atoms with van der Waals surface area (Å²) in [5.41, 5.74) is 5.27. The van der Waals surface area contributed by atoms with Crippen molar-refractivity contribution in [3.63, 3.8) is 0 Å². The Morgan fingerprint density at radius 3 is 1.25 bits per heavy atom. The summed E-state index contributed by atoms with van der Waals surface area (Å²) in [7, 11) is 0. The van der Waals surface area contributed by atoms with Gasteiger partial charge in [0.25, 0.3) is 0 Å². The van der Waals surface area contributed by atoms with E-state index >= 15 is 0 Å². The van der Waals surface area contributed by atoms with Crippen molar-refractivity contribution < 1.29 is 29.6 Å². The average Bonchev–Trinajstić information content (AvgIpc) is 3.06. The summed E-state index contributed by atoms with van der Waals surface area (Å²) in [6.45, 7) is 19.0. The Bertz CT molecular complexity index is 1310. The minimum Gasteiger partial charge on any atom is -0.507 e. The Hall–Kier alpha value is -3.02. The van der Waals surface area contributed by atoms with E-state index in [9.17, 15) is 19.8 Å². The van der Waals surface area contributed by atoms with Crippen LogP contribution in [0, 0.1) is 13.8 Å². The van der Waals surface area contributed by atoms with Crippen molar-refractivity contribution in [2.75, 3.05) is 6.61 Å². The SMILES string of the molecule is CCCCCCCCCCCCCCCCCCOC(=O)CCc1cc(C)c(O)c(C(C)(C)C)c1.Cc1cc(CCC(=O)O)cc(C(C)(C)C)c1O. The number of esters is 1. The lowest BCUT2D eigenvalue weighted by molar-refractivity contribution is -0.143. The quantitative estimate of drug-likeness (QED) is 0.0778. The highest BCUT2D eigenvalue weighted by Gasteiger charge is 2.21. The van der Waals surface area contributed by atoms with Gasteiger partial charge in [-0.2, -0.15) is 0 Å². The Morgan fingerprint density at radius 1 is 0.558 bits per heavy atom. The van der Waals surface area contributed by atoms with Crippen LogP contribution in [0.3, 0.4) is 0 Å². The zero-order valence-corrected chi connectivity index (χ0v) is 34.7. The molecular formula is C46H76O6. The van der Waals surface area contributed by atoms with Crippen molar-refractivity contribution in [1.82, 2.24) is 0 Å². The van der Waals surface area contributed by atoms with Crippen LogP contribution in [0.5, 0.6) is 11.5 Å². The van der Waals surface area contributed by atoms with Gasteiger partial charge in [0.1, 0.15) is 11.5 Å². The van der Waals surface area contributed by atoms with Crippen molar-refractivity contribution in [1.29, 1.82) is 0 Å². The molecule has 0 heterocycles. The lowest BCUT2D eigenvalue weighted by Gasteiger charge is -2.22. The number of phenols is 2. The summed E-state index contributed by atoms with van der Waals surface area (Å²) in [5, 5.41) is 29.1. The third-order valence-electron chi connectivity index (χ3n) is 9.84. The van der Waals surface area contributed by atoms with Gasteiger partial charge in [-0.05, 0) is 77.3 Å². The first-order valence-electron chi connectivity index (χ1n) is 20.5. The lowest BCUT2D eigenvalue weighted by Crippen LogP contribution is -2.13. The number of carboxylic acid groups (broad SMARTS) is 1. The zero-order valence-electron chi connectivity index (χ0n) is 34.7. The Kier molecular flexibility index (Phi) is 22.7. The van der Waals surface area contributed by atoms with Crippen molar-refractivity contribution in [3.05, 3.63) is 57.6 Å². The number of benzene rings is 2. The van der Waals surface area contributed by atoms with E-state index in [1.54, 1.807) is 0 Å². The van der Waals surface area contributed by atoms with Crippen LogP contribution < -0.4 is 0 Å². The molecule has 3 N–H and O–H groups in total. The van der Waals surface area contributed by atoms with Crippen LogP contribution in [0.2, 0.25) is 0 Å². The Balaban J connectivity index is 0.000000662. The molecule has 0 unspecified atom stereocenters. The molecule has 2 aromatic carbocycles. The molecule has 0 fully saturated rings. The van der Waals surface area contributed by atoms with E-state index in [0.29, 0.717) is 37.4 Å². The number of hydrogen-bond donors (Lipinski definition) is 3. The third-order valence-corrected chi connectivity index (χ3v) is 9.84. The summed E-state index contributed by atoms with van der Waals surface area (Å²) in [6.07, 6.45) is 23.2. The fraction of sp³-hybridized carbons (Fsp3) is 0.696. The van der Waals surface area contributed by atoms with Gasteiger partial charge in [-0.15, -0.1) is 0 Å². The molecule has 0 radical (unpaired) electrons. The lowest BCUT2D eigenvalue weighted by atomic mass is 9.83. The number of unbranched alkanes of at least 4 members (excludes halogenated alkanes) is 15. The number of aliphatic carboxylic acids is 1. The first kappa shape index (κ1) is 47.0. The molecule has 0 aromatic heterocycles. The van der Waals surface area contributed by atoms with E-state index in [1.807, 2.05) is 58.9 Å². The van der Waals surface area contributed by atoms with Gasteiger partial charge in [-0.25, -0.2) is 0 Å². The largest absolute Gasteiger partial charge is 0.507 e. The van der Waals surface area contributed by atoms with Gasteiger partial charge in [0.05, 0.1) is 6.61 Å². The molecule has 0 spiro atoms. The van der Waals surface area contributed by atoms with Gasteiger partial charge >= 0.3 is 11.9 Å². The van der Waals surface area contributed by atoms with Crippen LogP contribution in [0.15, 0.2) is 24.3 Å². The molecule has 2 rings (SSSR count). The fourth-order valence-corrected chi connectivity index (χ4v) is 6.55. The number of carbonyl (C=O) groups is 2. The van der Waals surface area contributed by atoms with Crippen LogP contribution in [-0.4, -0.2) is 33.9 Å². The van der Waals surface area contributed by atoms with E-state index in [-0.39, 0.29) is 23.2 Å². The van der Waals surface area contributed by atoms with Crippen molar-refractivity contribution in [2.45, 2.75) is 202 Å². The second-order valence-electron chi connectivity index (χ2n) is 17.0. The molecule has 0 saturated carbocycles. The molecule has 0 aliphatic carbocycles. The molecule has 52 heavy (non-hydrogen) atoms. The molecule has 6 heteroatoms. The molecule has 296 valence electrons. The van der Waals surface area contributed by atoms with Crippen LogP contribution in [-0.2, 0) is 38.0 Å². The molecule has 0 aliphatic rings. The van der Waals surface area contributed by atoms with Crippen LogP contribution in [0.4, 0.5) is 0 Å². The maximum absolute atomic E-state index is 12.1. The van der Waals surface area contributed by atoms with Crippen LogP contribution in [0.1, 0.15) is 197 Å². The second-order valence-corrected chi connectivity index (χ2v) is 17.0. The number of rotatable bonds is 23. The van der Waals surface area contributed by atoms with Gasteiger partial charge in [-0.3, -0.25) is 9.59 Å². The summed E-state index contributed by atoms with van der Waals surface area (Å²) in [4.78, 5) is 22.7. The topological polar surface area (TPSA) is 104 Å². The smallest absolute Gasteiger partial charge is 0.306 e. The number of ether oxygens (including phenoxy) is 1. The number of aromatic hydroxyl groups is 2. The van der Waals surface area contributed by atoms with Crippen LogP contribution in [0.25, 0.3) is 0 Å². The molecular weight excluding hydrogens is 649 g/mol. The van der Waals surface area contributed by atoms with Crippen molar-refractivity contribution in [2.24, 2.45) is 0 Å². The van der Waals surface area contributed by atoms with E-state index in [4.69, 9.17) is 9.84 Å². The van der Waals surface area contributed by atoms with Gasteiger partial charge in [-0.1, -0.05) is 169 Å². The van der Waals surface area contributed by atoms with Crippen LogP contribution >= 0.6 is 0 Å². The van der Waals surface area contributed by atoms with Crippen molar-refractivity contribution in [3.8, 4) is 11.5 Å². The predicted molar refractivity (Wildman–Crippen MR) is 218 cm³/mol. The van der Waals surface area contributed by atoms with Crippen molar-refractivity contribution >= 4 is 11.9 Å². The number of hydrogen-bond acceptors (Lipinski definition) is 5. The number of aryl methyl sites for hydroxylation is 4. The average molecular weight is 725 g/mol. The number of phenolic OH excluding ortho intramolecular Hbond substituents is 2. The van der Waals surface area contributed by atoms with Gasteiger partial charge in [0, 0.05) is 12.8 Å². The summed E-state index contributed by atoms with van der Waals surface area (Å²) in [5.74, 6) is -0.231. The highest BCUT2D eigenvalue weighted by Crippen LogP contribution is 2.35. The highest BCUT2D eigenvalue weighted by molar-refractivity contribution is 5.69. The molecule has 6 nitrogen and oxygen atoms in total. The number of carboxylic acids is 1. The zero-order chi connectivity index (χ0) is 39.2. The first-order chi connectivity index (χ1) is 24.5. The molecule has 0 saturated heterocycles. The third kappa shape index (κ3) is 20.3. The van der Waals surface area contributed by atoms with Gasteiger partial charge in [0.15, 0.2) is 0 Å². The first-order valence-corrected chi connectivity index (χ1v) is 20.5. The maximum Gasteiger partial charge on any atom is 0.306 e. The Labute approximate surface area is 318 Å². The fourth-order valence-electron chi connectivity index (χ4n) is 6.55. The minimum atomic E-state index is -0.798. The normalized spacial score (nSPS) is 11.6. The van der Waals surface area contributed by atoms with E-state index in [1.165, 1.54) is 89.9 Å². The Morgan fingerprint density at radius 2 is 0.904 bits per heavy atom. The van der Waals surface area contributed by atoms with Gasteiger partial charge in [0.2, 0.25) is 0 Å². The van der Waals surface area contributed by atoms with E-state index < -0.39 is 5.97 Å². The standard InChI is InChI=1S/C32H56O3.C14H20O3/c1-6-7-8-9-10-11-12-13-14-15-16-17-18-19-20-21-24-35-30(33)23-22-28-25-27(2)31(34)29(26-28)32(3,4)5;1-9-7-10(5-6-12(15)16)8-11(13(9)17)14(2,3)4/h25-26,34H,6-24H2,1-5H3;7-8,17H,5-6H2,1-4H3,(H,15,16). The minimum absolute atomic E-state index is 0.117. The summed E-state index contributed by atoms with van der Waals surface area (Å²) >= 11 is 0. The maximum atomic E-state index is 12.1. The number of carbonyl (C=O) groups excluding carboxylic acids is 1. The van der Waals surface area contributed by atoms with Gasteiger partial charge < -0.3 is 20.1 Å². The molecule has 0 atom stereocenters. The molecule has 0 aliphatic heterocycles. The highest BCUT2D eigenvalue weighted by atomic mass is 16.5. The predicted octanol–water partition coefficient (Wildman–Crippen LogP) is 12.8. The second kappa shape index (κ2) is 25.1. The monoisotopic (exact) mass is 725 g/mol. The summed E-state index contributed by atoms with van der Waals surface area (Å²) in [6, 6.07) is 7.78. The van der Waals surface area contributed by atoms with E-state index in [2.05, 4.69) is 27.7 Å².